The summed E-state index contributed by atoms with van der Waals surface area (Å²) in [6.07, 6.45) is -0.000575. The Kier molecular flexibility index (Phi) is 6.13. The van der Waals surface area contributed by atoms with E-state index < -0.39 is 16.0 Å². The SMILES string of the molecule is COc1ccc(C(=O)O)cc1S(=O)(=O)NCCOC(C)C. The molecule has 0 aromatic heterocycles. The maximum absolute atomic E-state index is 12.2. The molecule has 118 valence electrons. The lowest BCUT2D eigenvalue weighted by atomic mass is 10.2. The molecule has 0 bridgehead atoms. The van der Waals surface area contributed by atoms with Gasteiger partial charge < -0.3 is 14.6 Å². The molecule has 0 spiro atoms. The van der Waals surface area contributed by atoms with Gasteiger partial charge in [-0.05, 0) is 32.0 Å². The second-order valence-electron chi connectivity index (χ2n) is 4.49. The smallest absolute Gasteiger partial charge is 0.335 e. The molecule has 8 heteroatoms. The molecule has 1 aromatic rings. The van der Waals surface area contributed by atoms with E-state index in [0.29, 0.717) is 0 Å². The second-order valence-corrected chi connectivity index (χ2v) is 6.22. The molecule has 0 radical (unpaired) electrons. The molecule has 0 aliphatic carbocycles. The van der Waals surface area contributed by atoms with Crippen molar-refractivity contribution in [1.29, 1.82) is 0 Å². The maximum Gasteiger partial charge on any atom is 0.335 e. The van der Waals surface area contributed by atoms with Crippen LogP contribution in [0.2, 0.25) is 0 Å². The second kappa shape index (κ2) is 7.39. The van der Waals surface area contributed by atoms with Gasteiger partial charge in [-0.2, -0.15) is 0 Å². The molecule has 0 amide bonds. The Bertz CT molecular complexity index is 597. The molecule has 1 aromatic carbocycles. The molecule has 0 aliphatic heterocycles. The van der Waals surface area contributed by atoms with Crippen molar-refractivity contribution in [3.63, 3.8) is 0 Å². The highest BCUT2D eigenvalue weighted by molar-refractivity contribution is 7.89. The van der Waals surface area contributed by atoms with Crippen molar-refractivity contribution >= 4 is 16.0 Å². The van der Waals surface area contributed by atoms with Gasteiger partial charge in [0.2, 0.25) is 10.0 Å². The van der Waals surface area contributed by atoms with Crippen molar-refractivity contribution in [2.24, 2.45) is 0 Å². The largest absolute Gasteiger partial charge is 0.495 e. The Morgan fingerprint density at radius 2 is 2.05 bits per heavy atom. The van der Waals surface area contributed by atoms with Crippen molar-refractivity contribution in [3.8, 4) is 5.75 Å². The first-order chi connectivity index (χ1) is 9.77. The summed E-state index contributed by atoms with van der Waals surface area (Å²) in [5.41, 5.74) is -0.130. The zero-order valence-corrected chi connectivity index (χ0v) is 12.9. The minimum atomic E-state index is -3.88. The number of rotatable bonds is 8. The van der Waals surface area contributed by atoms with Crippen molar-refractivity contribution in [2.75, 3.05) is 20.3 Å². The van der Waals surface area contributed by atoms with Gasteiger partial charge in [0, 0.05) is 6.54 Å². The number of carboxylic acid groups (broad SMARTS) is 1. The molecule has 0 unspecified atom stereocenters. The van der Waals surface area contributed by atoms with Crippen molar-refractivity contribution < 1.29 is 27.8 Å². The van der Waals surface area contributed by atoms with E-state index >= 15 is 0 Å². The molecule has 21 heavy (non-hydrogen) atoms. The average Bonchev–Trinajstić information content (AvgIpc) is 2.42. The molecule has 1 rings (SSSR count). The lowest BCUT2D eigenvalue weighted by molar-refractivity contribution is 0.0696. The van der Waals surface area contributed by atoms with Crippen molar-refractivity contribution in [3.05, 3.63) is 23.8 Å². The number of carboxylic acids is 1. The standard InChI is InChI=1S/C13H19NO6S/c1-9(2)20-7-6-14-21(17,18)12-8-10(13(15)16)4-5-11(12)19-3/h4-5,8-9,14H,6-7H2,1-3H3,(H,15,16). The molecule has 0 aliphatic rings. The van der Waals surface area contributed by atoms with Crippen LogP contribution in [0.4, 0.5) is 0 Å². The topological polar surface area (TPSA) is 102 Å². The quantitative estimate of drug-likeness (QED) is 0.696. The van der Waals surface area contributed by atoms with Gasteiger partial charge in [0.15, 0.2) is 0 Å². The number of hydrogen-bond acceptors (Lipinski definition) is 5. The van der Waals surface area contributed by atoms with E-state index in [4.69, 9.17) is 14.6 Å². The third kappa shape index (κ3) is 5.00. The summed E-state index contributed by atoms with van der Waals surface area (Å²) < 4.78 is 36.9. The van der Waals surface area contributed by atoms with Gasteiger partial charge in [-0.15, -0.1) is 0 Å². The monoisotopic (exact) mass is 317 g/mol. The fraction of sp³-hybridized carbons (Fsp3) is 0.462. The Morgan fingerprint density at radius 1 is 1.38 bits per heavy atom. The highest BCUT2D eigenvalue weighted by Gasteiger charge is 2.21. The Morgan fingerprint density at radius 3 is 2.57 bits per heavy atom. The molecule has 0 saturated heterocycles. The van der Waals surface area contributed by atoms with Gasteiger partial charge >= 0.3 is 5.97 Å². The van der Waals surface area contributed by atoms with Gasteiger partial charge in [-0.25, -0.2) is 17.9 Å². The van der Waals surface area contributed by atoms with Gasteiger partial charge in [-0.3, -0.25) is 0 Å². The summed E-state index contributed by atoms with van der Waals surface area (Å²) in [5.74, 6) is -1.13. The molecular weight excluding hydrogens is 298 g/mol. The van der Waals surface area contributed by atoms with Crippen LogP contribution in [0.3, 0.4) is 0 Å². The lowest BCUT2D eigenvalue weighted by Crippen LogP contribution is -2.28. The van der Waals surface area contributed by atoms with Crippen LogP contribution in [0.25, 0.3) is 0 Å². The van der Waals surface area contributed by atoms with Crippen LogP contribution in [0, 0.1) is 0 Å². The van der Waals surface area contributed by atoms with Crippen LogP contribution in [0.1, 0.15) is 24.2 Å². The third-order valence-electron chi connectivity index (χ3n) is 2.55. The highest BCUT2D eigenvalue weighted by atomic mass is 32.2. The van der Waals surface area contributed by atoms with E-state index in [1.807, 2.05) is 13.8 Å². The number of aromatic carboxylic acids is 1. The average molecular weight is 317 g/mol. The first kappa shape index (κ1) is 17.4. The van der Waals surface area contributed by atoms with E-state index in [9.17, 15) is 13.2 Å². The van der Waals surface area contributed by atoms with Gasteiger partial charge in [0.1, 0.15) is 10.6 Å². The summed E-state index contributed by atoms with van der Waals surface area (Å²) in [6, 6.07) is 3.65. The van der Waals surface area contributed by atoms with Crippen molar-refractivity contribution in [1.82, 2.24) is 4.72 Å². The summed E-state index contributed by atoms with van der Waals surface area (Å²) >= 11 is 0. The minimum absolute atomic E-state index is 0.000575. The van der Waals surface area contributed by atoms with Crippen LogP contribution < -0.4 is 9.46 Å². The fourth-order valence-electron chi connectivity index (χ4n) is 1.57. The first-order valence-electron chi connectivity index (χ1n) is 6.30. The summed E-state index contributed by atoms with van der Waals surface area (Å²) in [6.45, 7) is 3.99. The number of carbonyl (C=O) groups is 1. The number of benzene rings is 1. The maximum atomic E-state index is 12.2. The van der Waals surface area contributed by atoms with E-state index in [0.717, 1.165) is 6.07 Å². The number of hydrogen-bond donors (Lipinski definition) is 2. The van der Waals surface area contributed by atoms with E-state index in [-0.39, 0.29) is 35.5 Å². The molecule has 0 fully saturated rings. The number of sulfonamides is 1. The van der Waals surface area contributed by atoms with Crippen molar-refractivity contribution in [2.45, 2.75) is 24.8 Å². The molecule has 0 atom stereocenters. The minimum Gasteiger partial charge on any atom is -0.495 e. The Balaban J connectivity index is 2.95. The Labute approximate surface area is 123 Å². The zero-order chi connectivity index (χ0) is 16.0. The van der Waals surface area contributed by atoms with E-state index in [1.54, 1.807) is 0 Å². The molecule has 2 N–H and O–H groups in total. The zero-order valence-electron chi connectivity index (χ0n) is 12.1. The summed E-state index contributed by atoms with van der Waals surface area (Å²) in [4.78, 5) is 10.7. The summed E-state index contributed by atoms with van der Waals surface area (Å²) in [7, 11) is -2.56. The summed E-state index contributed by atoms with van der Waals surface area (Å²) in [5, 5.41) is 8.94. The van der Waals surface area contributed by atoms with Gasteiger partial charge in [-0.1, -0.05) is 0 Å². The fourth-order valence-corrected chi connectivity index (χ4v) is 2.77. The highest BCUT2D eigenvalue weighted by Crippen LogP contribution is 2.24. The predicted octanol–water partition coefficient (Wildman–Crippen LogP) is 1.10. The van der Waals surface area contributed by atoms with E-state index in [1.165, 1.54) is 19.2 Å². The third-order valence-corrected chi connectivity index (χ3v) is 4.03. The van der Waals surface area contributed by atoms with Gasteiger partial charge in [0.25, 0.3) is 0 Å². The van der Waals surface area contributed by atoms with E-state index in [2.05, 4.69) is 4.72 Å². The normalized spacial score (nSPS) is 11.6. The first-order valence-corrected chi connectivity index (χ1v) is 7.79. The van der Waals surface area contributed by atoms with Crippen LogP contribution in [-0.4, -0.2) is 45.9 Å². The van der Waals surface area contributed by atoms with Crippen LogP contribution >= 0.6 is 0 Å². The van der Waals surface area contributed by atoms with Gasteiger partial charge in [0.05, 0.1) is 25.4 Å². The number of methoxy groups -OCH3 is 1. The Hall–Kier alpha value is -1.64. The number of ether oxygens (including phenoxy) is 2. The molecule has 7 nitrogen and oxygen atoms in total. The number of nitrogens with one attached hydrogen (secondary N) is 1. The van der Waals surface area contributed by atoms with Crippen LogP contribution in [-0.2, 0) is 14.8 Å². The van der Waals surface area contributed by atoms with Crippen LogP contribution in [0.15, 0.2) is 23.1 Å². The predicted molar refractivity (Wildman–Crippen MR) is 76.2 cm³/mol. The lowest BCUT2D eigenvalue weighted by Gasteiger charge is -2.12. The molecular formula is C13H19NO6S. The van der Waals surface area contributed by atoms with Crippen LogP contribution in [0.5, 0.6) is 5.75 Å². The molecule has 0 heterocycles. The molecule has 0 saturated carbocycles.